The summed E-state index contributed by atoms with van der Waals surface area (Å²) in [6, 6.07) is 4.71. The third-order valence-corrected chi connectivity index (χ3v) is 4.08. The maximum absolute atomic E-state index is 12.6. The molecule has 1 aliphatic heterocycles. The Labute approximate surface area is 147 Å². The Morgan fingerprint density at radius 2 is 1.96 bits per heavy atom. The van der Waals surface area contributed by atoms with Crippen LogP contribution in [0, 0.1) is 0 Å². The summed E-state index contributed by atoms with van der Waals surface area (Å²) in [5, 5.41) is 0.335. The molecule has 2 rings (SSSR count). The van der Waals surface area contributed by atoms with Gasteiger partial charge in [-0.3, -0.25) is 4.79 Å². The number of rotatable bonds is 1. The Morgan fingerprint density at radius 1 is 1.29 bits per heavy atom. The molecule has 1 atom stereocenters. The molecule has 1 fully saturated rings. The van der Waals surface area contributed by atoms with Crippen molar-refractivity contribution in [3.05, 3.63) is 28.8 Å². The quantitative estimate of drug-likeness (QED) is 0.787. The minimum atomic E-state index is -0.540. The largest absolute Gasteiger partial charge is 0.444 e. The number of hydrogen-bond donors (Lipinski definition) is 1. The monoisotopic (exact) mass is 353 g/mol. The van der Waals surface area contributed by atoms with E-state index in [1.54, 1.807) is 28.0 Å². The molecule has 0 radical (unpaired) electrons. The Morgan fingerprint density at radius 3 is 2.50 bits per heavy atom. The van der Waals surface area contributed by atoms with E-state index in [1.807, 2.05) is 27.7 Å². The number of piperazine rings is 1. The van der Waals surface area contributed by atoms with Gasteiger partial charge in [-0.05, 0) is 45.9 Å². The van der Waals surface area contributed by atoms with Gasteiger partial charge in [0.05, 0.1) is 10.6 Å². The number of carbonyl (C=O) groups is 2. The van der Waals surface area contributed by atoms with Crippen molar-refractivity contribution >= 4 is 29.3 Å². The van der Waals surface area contributed by atoms with E-state index in [9.17, 15) is 9.59 Å². The summed E-state index contributed by atoms with van der Waals surface area (Å²) in [5.74, 6) is -0.157. The molecule has 1 heterocycles. The first kappa shape index (κ1) is 18.4. The second kappa shape index (κ2) is 6.89. The van der Waals surface area contributed by atoms with Gasteiger partial charge >= 0.3 is 6.09 Å². The van der Waals surface area contributed by atoms with Crippen LogP contribution in [0.2, 0.25) is 5.02 Å². The molecule has 1 aromatic carbocycles. The van der Waals surface area contributed by atoms with Crippen LogP contribution < -0.4 is 5.73 Å². The lowest BCUT2D eigenvalue weighted by atomic mass is 10.1. The molecule has 7 heteroatoms. The van der Waals surface area contributed by atoms with Crippen LogP contribution in [0.15, 0.2) is 18.2 Å². The highest BCUT2D eigenvalue weighted by atomic mass is 35.5. The Kier molecular flexibility index (Phi) is 5.28. The SMILES string of the molecule is C[C@H]1CN(C(=O)c2ccc(N)cc2Cl)CCN1C(=O)OC(C)(C)C. The van der Waals surface area contributed by atoms with Gasteiger partial charge in [0, 0.05) is 31.4 Å². The van der Waals surface area contributed by atoms with Gasteiger partial charge in [0.2, 0.25) is 0 Å². The van der Waals surface area contributed by atoms with Crippen LogP contribution in [0.1, 0.15) is 38.1 Å². The molecule has 0 spiro atoms. The summed E-state index contributed by atoms with van der Waals surface area (Å²) >= 11 is 6.12. The predicted molar refractivity (Wildman–Crippen MR) is 94.2 cm³/mol. The first-order valence-corrected chi connectivity index (χ1v) is 8.30. The number of hydrogen-bond acceptors (Lipinski definition) is 4. The molecule has 2 N–H and O–H groups in total. The number of anilines is 1. The van der Waals surface area contributed by atoms with Gasteiger partial charge in [-0.15, -0.1) is 0 Å². The van der Waals surface area contributed by atoms with Crippen molar-refractivity contribution in [3.8, 4) is 0 Å². The molecule has 0 aliphatic carbocycles. The van der Waals surface area contributed by atoms with Crippen molar-refractivity contribution in [1.82, 2.24) is 9.80 Å². The van der Waals surface area contributed by atoms with Crippen molar-refractivity contribution in [1.29, 1.82) is 0 Å². The zero-order valence-electron chi connectivity index (χ0n) is 14.5. The predicted octanol–water partition coefficient (Wildman–Crippen LogP) is 3.00. The van der Waals surface area contributed by atoms with Crippen LogP contribution >= 0.6 is 11.6 Å². The van der Waals surface area contributed by atoms with Gasteiger partial charge in [0.25, 0.3) is 5.91 Å². The van der Waals surface area contributed by atoms with E-state index < -0.39 is 5.60 Å². The van der Waals surface area contributed by atoms with Gasteiger partial charge < -0.3 is 20.3 Å². The first-order valence-electron chi connectivity index (χ1n) is 7.92. The summed E-state index contributed by atoms with van der Waals surface area (Å²) < 4.78 is 5.41. The normalized spacial score (nSPS) is 18.5. The number of nitrogens with zero attached hydrogens (tertiary/aromatic N) is 2. The summed E-state index contributed by atoms with van der Waals surface area (Å²) in [6.45, 7) is 8.68. The average molecular weight is 354 g/mol. The third-order valence-electron chi connectivity index (χ3n) is 3.77. The van der Waals surface area contributed by atoms with Crippen LogP contribution in [0.4, 0.5) is 10.5 Å². The highest BCUT2D eigenvalue weighted by molar-refractivity contribution is 6.34. The smallest absolute Gasteiger partial charge is 0.410 e. The van der Waals surface area contributed by atoms with Crippen molar-refractivity contribution in [2.45, 2.75) is 39.3 Å². The van der Waals surface area contributed by atoms with Crippen molar-refractivity contribution in [2.75, 3.05) is 25.4 Å². The van der Waals surface area contributed by atoms with E-state index in [0.29, 0.717) is 35.9 Å². The molecule has 1 saturated heterocycles. The molecule has 0 aromatic heterocycles. The number of benzene rings is 1. The molecule has 0 bridgehead atoms. The molecule has 0 saturated carbocycles. The van der Waals surface area contributed by atoms with E-state index in [-0.39, 0.29) is 18.0 Å². The van der Waals surface area contributed by atoms with Gasteiger partial charge in [-0.25, -0.2) is 4.79 Å². The first-order chi connectivity index (χ1) is 11.1. The van der Waals surface area contributed by atoms with Crippen molar-refractivity contribution < 1.29 is 14.3 Å². The fourth-order valence-corrected chi connectivity index (χ4v) is 2.88. The van der Waals surface area contributed by atoms with Crippen molar-refractivity contribution in [3.63, 3.8) is 0 Å². The Balaban J connectivity index is 2.05. The van der Waals surface area contributed by atoms with E-state index in [1.165, 1.54) is 0 Å². The Hall–Kier alpha value is -1.95. The standard InChI is InChI=1S/C17H24ClN3O3/c1-11-10-20(7-8-21(11)16(23)24-17(2,3)4)15(22)13-6-5-12(19)9-14(13)18/h5-6,9,11H,7-8,10,19H2,1-4H3/t11-/m0/s1. The second-order valence-electron chi connectivity index (χ2n) is 7.01. The van der Waals surface area contributed by atoms with Gasteiger partial charge in [0.1, 0.15) is 5.60 Å². The highest BCUT2D eigenvalue weighted by Crippen LogP contribution is 2.23. The molecule has 1 aliphatic rings. The van der Waals surface area contributed by atoms with Gasteiger partial charge in [-0.2, -0.15) is 0 Å². The van der Waals surface area contributed by atoms with Crippen molar-refractivity contribution in [2.24, 2.45) is 0 Å². The third kappa shape index (κ3) is 4.32. The molecule has 0 unspecified atom stereocenters. The fourth-order valence-electron chi connectivity index (χ4n) is 2.61. The molecule has 2 amide bonds. The topological polar surface area (TPSA) is 75.9 Å². The van der Waals surface area contributed by atoms with Gasteiger partial charge in [-0.1, -0.05) is 11.6 Å². The Bertz CT molecular complexity index is 642. The number of carbonyl (C=O) groups excluding carboxylic acids is 2. The maximum Gasteiger partial charge on any atom is 0.410 e. The summed E-state index contributed by atoms with van der Waals surface area (Å²) in [5.41, 5.74) is 6.06. The van der Waals surface area contributed by atoms with E-state index in [2.05, 4.69) is 0 Å². The number of nitrogens with two attached hydrogens (primary N) is 1. The molecule has 1 aromatic rings. The summed E-state index contributed by atoms with van der Waals surface area (Å²) in [7, 11) is 0. The number of halogens is 1. The molecular weight excluding hydrogens is 330 g/mol. The minimum Gasteiger partial charge on any atom is -0.444 e. The zero-order valence-corrected chi connectivity index (χ0v) is 15.3. The lowest BCUT2D eigenvalue weighted by Crippen LogP contribution is -2.56. The summed E-state index contributed by atoms with van der Waals surface area (Å²) in [6.07, 6.45) is -0.354. The lowest BCUT2D eigenvalue weighted by Gasteiger charge is -2.40. The molecule has 6 nitrogen and oxygen atoms in total. The van der Waals surface area contributed by atoms with Crippen LogP contribution in [0.5, 0.6) is 0 Å². The minimum absolute atomic E-state index is 0.134. The van der Waals surface area contributed by atoms with Crippen LogP contribution in [0.3, 0.4) is 0 Å². The van der Waals surface area contributed by atoms with E-state index in [4.69, 9.17) is 22.1 Å². The zero-order chi connectivity index (χ0) is 18.1. The van der Waals surface area contributed by atoms with Crippen LogP contribution in [0.25, 0.3) is 0 Å². The molecule has 24 heavy (non-hydrogen) atoms. The number of nitrogen functional groups attached to an aromatic ring is 1. The molecular formula is C17H24ClN3O3. The lowest BCUT2D eigenvalue weighted by molar-refractivity contribution is 0.00198. The second-order valence-corrected chi connectivity index (χ2v) is 7.42. The summed E-state index contributed by atoms with van der Waals surface area (Å²) in [4.78, 5) is 28.2. The number of ether oxygens (including phenoxy) is 1. The maximum atomic E-state index is 12.6. The fraction of sp³-hybridized carbons (Fsp3) is 0.529. The van der Waals surface area contributed by atoms with Crippen LogP contribution in [-0.2, 0) is 4.74 Å². The van der Waals surface area contributed by atoms with Crippen LogP contribution in [-0.4, -0.2) is 53.1 Å². The van der Waals surface area contributed by atoms with Gasteiger partial charge in [0.15, 0.2) is 0 Å². The average Bonchev–Trinajstić information content (AvgIpc) is 2.44. The highest BCUT2D eigenvalue weighted by Gasteiger charge is 2.33. The van der Waals surface area contributed by atoms with E-state index in [0.717, 1.165) is 0 Å². The van der Waals surface area contributed by atoms with E-state index >= 15 is 0 Å². The molecule has 132 valence electrons. The number of amides is 2.